The Balaban J connectivity index is 2.38. The monoisotopic (exact) mass is 276 g/mol. The van der Waals surface area contributed by atoms with Gasteiger partial charge in [-0.05, 0) is 24.5 Å². The fourth-order valence-corrected chi connectivity index (χ4v) is 2.50. The maximum atomic E-state index is 5.92. The number of furan rings is 1. The lowest BCUT2D eigenvalue weighted by Crippen LogP contribution is -2.44. The summed E-state index contributed by atoms with van der Waals surface area (Å²) < 4.78 is 11.8. The highest BCUT2D eigenvalue weighted by molar-refractivity contribution is 5.77. The van der Waals surface area contributed by atoms with Crippen molar-refractivity contribution in [3.8, 4) is 0 Å². The molecule has 2 rings (SSSR count). The molecule has 0 fully saturated rings. The van der Waals surface area contributed by atoms with Crippen LogP contribution in [0.2, 0.25) is 0 Å². The summed E-state index contributed by atoms with van der Waals surface area (Å²) in [6.45, 7) is 9.05. The molecule has 1 heterocycles. The Morgan fingerprint density at radius 3 is 2.55 bits per heavy atom. The van der Waals surface area contributed by atoms with E-state index in [1.54, 1.807) is 0 Å². The molecule has 2 unspecified atom stereocenters. The largest absolute Gasteiger partial charge is 0.459 e. The van der Waals surface area contributed by atoms with Crippen LogP contribution in [0.4, 0.5) is 0 Å². The summed E-state index contributed by atoms with van der Waals surface area (Å²) in [6.07, 6.45) is -0.0712. The van der Waals surface area contributed by atoms with Gasteiger partial charge in [0, 0.05) is 12.0 Å². The van der Waals surface area contributed by atoms with Gasteiger partial charge in [-0.2, -0.15) is 0 Å². The van der Waals surface area contributed by atoms with Gasteiger partial charge in [-0.15, -0.1) is 0 Å². The molecule has 0 radical (unpaired) electrons. The van der Waals surface area contributed by atoms with Crippen LogP contribution in [0.3, 0.4) is 0 Å². The van der Waals surface area contributed by atoms with Crippen LogP contribution in [0.15, 0.2) is 34.7 Å². The van der Waals surface area contributed by atoms with Crippen LogP contribution in [0.5, 0.6) is 0 Å². The second-order valence-corrected chi connectivity index (χ2v) is 6.07. The molecule has 4 nitrogen and oxygen atoms in total. The Kier molecular flexibility index (Phi) is 4.48. The molecule has 20 heavy (non-hydrogen) atoms. The highest BCUT2D eigenvalue weighted by Gasteiger charge is 2.35. The number of rotatable bonds is 5. The van der Waals surface area contributed by atoms with Crippen LogP contribution >= 0.6 is 0 Å². The van der Waals surface area contributed by atoms with E-state index >= 15 is 0 Å². The first-order valence-electron chi connectivity index (χ1n) is 7.03. The van der Waals surface area contributed by atoms with E-state index in [1.807, 2.05) is 37.3 Å². The molecule has 110 valence electrons. The Morgan fingerprint density at radius 2 is 2.00 bits per heavy atom. The molecule has 4 heteroatoms. The van der Waals surface area contributed by atoms with Crippen molar-refractivity contribution in [2.75, 3.05) is 6.61 Å². The van der Waals surface area contributed by atoms with E-state index in [0.717, 1.165) is 16.7 Å². The van der Waals surface area contributed by atoms with Crippen molar-refractivity contribution in [3.05, 3.63) is 36.1 Å². The van der Waals surface area contributed by atoms with Crippen LogP contribution in [-0.4, -0.2) is 12.7 Å². The number of nitrogens with two attached hydrogens (primary N) is 1. The molecule has 0 bridgehead atoms. The predicted molar refractivity (Wildman–Crippen MR) is 81.1 cm³/mol. The fraction of sp³-hybridized carbons (Fsp3) is 0.500. The normalized spacial score (nSPS) is 15.4. The van der Waals surface area contributed by atoms with Crippen molar-refractivity contribution in [2.24, 2.45) is 11.3 Å². The van der Waals surface area contributed by atoms with Gasteiger partial charge in [-0.3, -0.25) is 5.84 Å². The van der Waals surface area contributed by atoms with E-state index in [1.165, 1.54) is 0 Å². The smallest absolute Gasteiger partial charge is 0.134 e. The number of ether oxygens (including phenoxy) is 1. The molecule has 0 amide bonds. The lowest BCUT2D eigenvalue weighted by molar-refractivity contribution is -0.0406. The molecule has 2 atom stereocenters. The molecule has 2 aromatic rings. The van der Waals surface area contributed by atoms with Crippen molar-refractivity contribution in [3.63, 3.8) is 0 Å². The second kappa shape index (κ2) is 5.95. The molecule has 1 aromatic heterocycles. The van der Waals surface area contributed by atoms with E-state index in [4.69, 9.17) is 15.0 Å². The van der Waals surface area contributed by atoms with E-state index in [2.05, 4.69) is 26.2 Å². The molecule has 3 N–H and O–H groups in total. The highest BCUT2D eigenvalue weighted by Crippen LogP contribution is 2.34. The van der Waals surface area contributed by atoms with Crippen LogP contribution in [-0.2, 0) is 4.74 Å². The van der Waals surface area contributed by atoms with Gasteiger partial charge in [0.15, 0.2) is 0 Å². The Morgan fingerprint density at radius 1 is 1.30 bits per heavy atom. The first-order valence-corrected chi connectivity index (χ1v) is 7.03. The summed E-state index contributed by atoms with van der Waals surface area (Å²) in [5.41, 5.74) is 3.67. The second-order valence-electron chi connectivity index (χ2n) is 6.07. The quantitative estimate of drug-likeness (QED) is 0.649. The van der Waals surface area contributed by atoms with Gasteiger partial charge in [0.25, 0.3) is 0 Å². The first kappa shape index (κ1) is 15.0. The van der Waals surface area contributed by atoms with Crippen LogP contribution in [0, 0.1) is 5.41 Å². The fourth-order valence-electron chi connectivity index (χ4n) is 2.50. The summed E-state index contributed by atoms with van der Waals surface area (Å²) in [7, 11) is 0. The van der Waals surface area contributed by atoms with Crippen LogP contribution in [0.25, 0.3) is 11.0 Å². The van der Waals surface area contributed by atoms with E-state index in [-0.39, 0.29) is 17.6 Å². The predicted octanol–water partition coefficient (Wildman–Crippen LogP) is 3.39. The molecule has 0 aliphatic carbocycles. The number of para-hydroxylation sites is 1. The lowest BCUT2D eigenvalue weighted by atomic mass is 9.83. The first-order chi connectivity index (χ1) is 9.47. The topological polar surface area (TPSA) is 60.4 Å². The minimum absolute atomic E-state index is 0.0496. The summed E-state index contributed by atoms with van der Waals surface area (Å²) in [5.74, 6) is 6.57. The Labute approximate surface area is 120 Å². The number of hydrogen-bond donors (Lipinski definition) is 2. The average molecular weight is 276 g/mol. The number of hydrogen-bond acceptors (Lipinski definition) is 4. The van der Waals surface area contributed by atoms with Crippen LogP contribution in [0.1, 0.15) is 39.5 Å². The molecular weight excluding hydrogens is 252 g/mol. The molecule has 0 aliphatic heterocycles. The van der Waals surface area contributed by atoms with Gasteiger partial charge in [-0.25, -0.2) is 5.43 Å². The number of benzene rings is 1. The minimum atomic E-state index is -0.178. The molecule has 0 saturated heterocycles. The zero-order valence-electron chi connectivity index (χ0n) is 12.6. The van der Waals surface area contributed by atoms with Gasteiger partial charge in [0.05, 0.1) is 6.10 Å². The molecule has 0 spiro atoms. The third-order valence-electron chi connectivity index (χ3n) is 3.43. The summed E-state index contributed by atoms with van der Waals surface area (Å²) >= 11 is 0. The van der Waals surface area contributed by atoms with Gasteiger partial charge in [-0.1, -0.05) is 39.0 Å². The van der Waals surface area contributed by atoms with Gasteiger partial charge >= 0.3 is 0 Å². The van der Waals surface area contributed by atoms with Crippen molar-refractivity contribution < 1.29 is 9.15 Å². The van der Waals surface area contributed by atoms with E-state index < -0.39 is 0 Å². The standard InChI is InChI=1S/C16H24N2O2/c1-5-19-15(16(2,3)4)14(18-17)13-10-11-8-6-7-9-12(11)20-13/h6-10,14-15,18H,5,17H2,1-4H3. The number of hydrazine groups is 1. The number of nitrogens with one attached hydrogen (secondary N) is 1. The summed E-state index contributed by atoms with van der Waals surface area (Å²) in [5, 5.41) is 1.08. The summed E-state index contributed by atoms with van der Waals surface area (Å²) in [4.78, 5) is 0. The van der Waals surface area contributed by atoms with Crippen molar-refractivity contribution >= 4 is 11.0 Å². The maximum Gasteiger partial charge on any atom is 0.134 e. The molecule has 0 saturated carbocycles. The van der Waals surface area contributed by atoms with Crippen LogP contribution < -0.4 is 11.3 Å². The van der Waals surface area contributed by atoms with E-state index in [9.17, 15) is 0 Å². The third-order valence-corrected chi connectivity index (χ3v) is 3.43. The molecular formula is C16H24N2O2. The highest BCUT2D eigenvalue weighted by atomic mass is 16.5. The zero-order valence-corrected chi connectivity index (χ0v) is 12.6. The van der Waals surface area contributed by atoms with Crippen molar-refractivity contribution in [1.82, 2.24) is 5.43 Å². The Bertz CT molecular complexity index is 524. The lowest BCUT2D eigenvalue weighted by Gasteiger charge is -2.35. The van der Waals surface area contributed by atoms with E-state index in [0.29, 0.717) is 6.61 Å². The summed E-state index contributed by atoms with van der Waals surface area (Å²) in [6, 6.07) is 9.79. The van der Waals surface area contributed by atoms with Crippen molar-refractivity contribution in [1.29, 1.82) is 0 Å². The minimum Gasteiger partial charge on any atom is -0.459 e. The van der Waals surface area contributed by atoms with Gasteiger partial charge in [0.2, 0.25) is 0 Å². The van der Waals surface area contributed by atoms with Crippen molar-refractivity contribution in [2.45, 2.75) is 39.8 Å². The zero-order chi connectivity index (χ0) is 14.8. The number of fused-ring (bicyclic) bond motifs is 1. The van der Waals surface area contributed by atoms with Gasteiger partial charge in [0.1, 0.15) is 17.4 Å². The molecule has 1 aromatic carbocycles. The van der Waals surface area contributed by atoms with Gasteiger partial charge < -0.3 is 9.15 Å². The molecule has 0 aliphatic rings. The SMILES string of the molecule is CCOC(C(NN)c1cc2ccccc2o1)C(C)(C)C. The Hall–Kier alpha value is -1.36. The maximum absolute atomic E-state index is 5.92. The third kappa shape index (κ3) is 3.03. The average Bonchev–Trinajstić information content (AvgIpc) is 2.81.